The van der Waals surface area contributed by atoms with Crippen LogP contribution in [0, 0.1) is 0 Å². The Balaban J connectivity index is 1.85. The monoisotopic (exact) mass is 319 g/mol. The first-order chi connectivity index (χ1) is 9.06. The molecule has 1 amide bonds. The molecule has 1 aliphatic rings. The van der Waals surface area contributed by atoms with E-state index in [1.807, 2.05) is 24.3 Å². The van der Waals surface area contributed by atoms with Crippen LogP contribution in [0.25, 0.3) is 0 Å². The number of nitrogens with zero attached hydrogens (tertiary/aromatic N) is 3. The Kier molecular flexibility index (Phi) is 5.09. The minimum absolute atomic E-state index is 0.605. The fourth-order valence-corrected chi connectivity index (χ4v) is 2.04. The van der Waals surface area contributed by atoms with E-state index in [2.05, 4.69) is 30.5 Å². The number of amides is 1. The van der Waals surface area contributed by atoms with Crippen LogP contribution < -0.4 is 4.90 Å². The number of hydrogen-bond acceptors (Lipinski definition) is 6. The quantitative estimate of drug-likeness (QED) is 0.821. The van der Waals surface area contributed by atoms with Crippen LogP contribution in [0.3, 0.4) is 0 Å². The SMILES string of the molecule is O=C(ON1CCN(c2ccc(Cl)cc2)CC1)N(S)S. The van der Waals surface area contributed by atoms with E-state index in [0.29, 0.717) is 13.1 Å². The van der Waals surface area contributed by atoms with Crippen molar-refractivity contribution in [2.75, 3.05) is 31.1 Å². The lowest BCUT2D eigenvalue weighted by Crippen LogP contribution is -2.47. The van der Waals surface area contributed by atoms with Crippen molar-refractivity contribution in [3.8, 4) is 0 Å². The first kappa shape index (κ1) is 14.6. The van der Waals surface area contributed by atoms with Crippen molar-refractivity contribution < 1.29 is 9.63 Å². The third kappa shape index (κ3) is 4.10. The lowest BCUT2D eigenvalue weighted by molar-refractivity contribution is -0.104. The van der Waals surface area contributed by atoms with Gasteiger partial charge in [0.1, 0.15) is 0 Å². The van der Waals surface area contributed by atoms with Crippen molar-refractivity contribution in [3.63, 3.8) is 0 Å². The Morgan fingerprint density at radius 1 is 1.16 bits per heavy atom. The second-order valence-corrected chi connectivity index (χ2v) is 5.59. The van der Waals surface area contributed by atoms with Gasteiger partial charge in [-0.15, -0.1) is 5.06 Å². The molecule has 1 aromatic rings. The zero-order valence-corrected chi connectivity index (χ0v) is 12.6. The third-order valence-electron chi connectivity index (χ3n) is 2.80. The van der Waals surface area contributed by atoms with E-state index in [1.165, 1.54) is 0 Å². The number of benzene rings is 1. The van der Waals surface area contributed by atoms with Crippen molar-refractivity contribution in [1.29, 1.82) is 0 Å². The number of anilines is 1. The summed E-state index contributed by atoms with van der Waals surface area (Å²) >= 11 is 13.4. The zero-order valence-electron chi connectivity index (χ0n) is 10.1. The minimum atomic E-state index is -0.605. The van der Waals surface area contributed by atoms with Crippen LogP contribution in [-0.4, -0.2) is 41.0 Å². The molecule has 0 radical (unpaired) electrons. The number of carbonyl (C=O) groups excluding carboxylic acids is 1. The van der Waals surface area contributed by atoms with Crippen molar-refractivity contribution in [2.24, 2.45) is 0 Å². The average molecular weight is 320 g/mol. The van der Waals surface area contributed by atoms with Crippen LogP contribution in [0.5, 0.6) is 0 Å². The van der Waals surface area contributed by atoms with Gasteiger partial charge >= 0.3 is 6.09 Å². The lowest BCUT2D eigenvalue weighted by Gasteiger charge is -2.34. The van der Waals surface area contributed by atoms with E-state index in [4.69, 9.17) is 16.4 Å². The molecule has 0 aromatic heterocycles. The molecule has 1 saturated heterocycles. The highest BCUT2D eigenvalue weighted by Crippen LogP contribution is 2.19. The van der Waals surface area contributed by atoms with Gasteiger partial charge in [0, 0.05) is 23.8 Å². The Morgan fingerprint density at radius 2 is 1.74 bits per heavy atom. The molecule has 8 heteroatoms. The molecule has 1 aromatic carbocycles. The summed E-state index contributed by atoms with van der Waals surface area (Å²) in [6.45, 7) is 2.80. The molecule has 0 unspecified atom stereocenters. The van der Waals surface area contributed by atoms with Crippen molar-refractivity contribution in [3.05, 3.63) is 29.3 Å². The standard InChI is InChI=1S/C11H14ClN3O2S2/c12-9-1-3-10(4-2-9)13-5-7-14(8-6-13)17-11(16)15(18)19/h1-4,18-19H,5-8H2. The minimum Gasteiger partial charge on any atom is -0.369 e. The first-order valence-electron chi connectivity index (χ1n) is 5.71. The van der Waals surface area contributed by atoms with E-state index < -0.39 is 6.09 Å². The Hall–Kier alpha value is -0.760. The maximum atomic E-state index is 11.3. The highest BCUT2D eigenvalue weighted by Gasteiger charge is 2.21. The van der Waals surface area contributed by atoms with Gasteiger partial charge in [0.15, 0.2) is 0 Å². The van der Waals surface area contributed by atoms with Gasteiger partial charge in [-0.1, -0.05) is 11.6 Å². The maximum absolute atomic E-state index is 11.3. The summed E-state index contributed by atoms with van der Waals surface area (Å²) in [5, 5.41) is 2.33. The molecule has 2 rings (SSSR count). The Labute approximate surface area is 128 Å². The predicted octanol–water partition coefficient (Wildman–Crippen LogP) is 2.51. The number of rotatable bonds is 2. The molecule has 0 spiro atoms. The van der Waals surface area contributed by atoms with Gasteiger partial charge in [0.25, 0.3) is 0 Å². The normalized spacial score (nSPS) is 16.3. The van der Waals surface area contributed by atoms with E-state index in [9.17, 15) is 4.79 Å². The van der Waals surface area contributed by atoms with Crippen LogP contribution in [0.1, 0.15) is 0 Å². The topological polar surface area (TPSA) is 36.0 Å². The number of piperazine rings is 1. The summed E-state index contributed by atoms with van der Waals surface area (Å²) in [6.07, 6.45) is -0.605. The summed E-state index contributed by atoms with van der Waals surface area (Å²) < 4.78 is 0.811. The lowest BCUT2D eigenvalue weighted by atomic mass is 10.2. The number of thiol groups is 2. The molecule has 0 atom stereocenters. The van der Waals surface area contributed by atoms with Gasteiger partial charge in [-0.3, -0.25) is 0 Å². The van der Waals surface area contributed by atoms with Crippen LogP contribution in [-0.2, 0) is 4.84 Å². The number of halogens is 1. The van der Waals surface area contributed by atoms with E-state index >= 15 is 0 Å². The second-order valence-electron chi connectivity index (χ2n) is 4.04. The van der Waals surface area contributed by atoms with Gasteiger partial charge in [0.05, 0.1) is 13.1 Å². The van der Waals surface area contributed by atoms with Crippen LogP contribution >= 0.6 is 37.2 Å². The second kappa shape index (κ2) is 6.60. The van der Waals surface area contributed by atoms with E-state index in [-0.39, 0.29) is 0 Å². The molecule has 0 aliphatic carbocycles. The fourth-order valence-electron chi connectivity index (χ4n) is 1.84. The molecule has 0 N–H and O–H groups in total. The molecular weight excluding hydrogens is 306 g/mol. The highest BCUT2D eigenvalue weighted by atomic mass is 35.5. The summed E-state index contributed by atoms with van der Waals surface area (Å²) in [5.41, 5.74) is 1.11. The molecule has 1 fully saturated rings. The third-order valence-corrected chi connectivity index (χ3v) is 3.38. The van der Waals surface area contributed by atoms with Crippen molar-refractivity contribution in [2.45, 2.75) is 0 Å². The summed E-state index contributed by atoms with van der Waals surface area (Å²) in [7, 11) is 0. The molecular formula is C11H14ClN3O2S2. The first-order valence-corrected chi connectivity index (χ1v) is 6.89. The van der Waals surface area contributed by atoms with Gasteiger partial charge in [-0.2, -0.15) is 3.71 Å². The van der Waals surface area contributed by atoms with Crippen molar-refractivity contribution >= 4 is 49.0 Å². The molecule has 1 heterocycles. The summed E-state index contributed by atoms with van der Waals surface area (Å²) in [6, 6.07) is 7.69. The smallest absolute Gasteiger partial charge is 0.369 e. The highest BCUT2D eigenvalue weighted by molar-refractivity contribution is 7.94. The number of carbonyl (C=O) groups is 1. The Bertz CT molecular complexity index is 436. The molecule has 0 bridgehead atoms. The van der Waals surface area contributed by atoms with Gasteiger partial charge in [0.2, 0.25) is 0 Å². The molecule has 1 aliphatic heterocycles. The molecule has 104 valence electrons. The van der Waals surface area contributed by atoms with E-state index in [0.717, 1.165) is 27.5 Å². The van der Waals surface area contributed by atoms with E-state index in [1.54, 1.807) is 5.06 Å². The van der Waals surface area contributed by atoms with Gasteiger partial charge in [-0.05, 0) is 49.9 Å². The number of hydroxylamine groups is 2. The average Bonchev–Trinajstić information content (AvgIpc) is 2.40. The van der Waals surface area contributed by atoms with Crippen molar-refractivity contribution in [1.82, 2.24) is 8.77 Å². The maximum Gasteiger partial charge on any atom is 0.449 e. The fraction of sp³-hybridized carbons (Fsp3) is 0.364. The number of hydrogen-bond donors (Lipinski definition) is 2. The molecule has 5 nitrogen and oxygen atoms in total. The largest absolute Gasteiger partial charge is 0.449 e. The van der Waals surface area contributed by atoms with Gasteiger partial charge in [-0.25, -0.2) is 4.79 Å². The summed E-state index contributed by atoms with van der Waals surface area (Å²) in [4.78, 5) is 18.6. The van der Waals surface area contributed by atoms with Crippen LogP contribution in [0.4, 0.5) is 10.5 Å². The molecule has 0 saturated carbocycles. The van der Waals surface area contributed by atoms with Gasteiger partial charge < -0.3 is 9.74 Å². The zero-order chi connectivity index (χ0) is 13.8. The van der Waals surface area contributed by atoms with Crippen LogP contribution in [0.2, 0.25) is 5.02 Å². The Morgan fingerprint density at radius 3 is 2.26 bits per heavy atom. The predicted molar refractivity (Wildman–Crippen MR) is 81.5 cm³/mol. The molecule has 19 heavy (non-hydrogen) atoms. The summed E-state index contributed by atoms with van der Waals surface area (Å²) in [5.74, 6) is 0. The van der Waals surface area contributed by atoms with Crippen LogP contribution in [0.15, 0.2) is 24.3 Å².